The smallest absolute Gasteiger partial charge is 0.245 e. The van der Waals surface area contributed by atoms with Crippen molar-refractivity contribution < 1.29 is 17.6 Å². The number of halogens is 6. The first-order valence-corrected chi connectivity index (χ1v) is 8.71. The monoisotopic (exact) mass is 446 g/mol. The van der Waals surface area contributed by atoms with Crippen molar-refractivity contribution in [1.82, 2.24) is 19.7 Å². The second kappa shape index (κ2) is 7.96. The Kier molecular flexibility index (Phi) is 5.76. The minimum Gasteiger partial charge on any atom is -0.245 e. The van der Waals surface area contributed by atoms with Crippen molar-refractivity contribution in [3.05, 3.63) is 57.2 Å². The van der Waals surface area contributed by atoms with E-state index in [1.807, 2.05) is 0 Å². The fourth-order valence-corrected chi connectivity index (χ4v) is 2.69. The molecule has 0 fully saturated rings. The quantitative estimate of drug-likeness (QED) is 0.344. The number of nitrogens with one attached hydrogen (secondary N) is 1. The van der Waals surface area contributed by atoms with Crippen LogP contribution in [0.1, 0.15) is 17.0 Å². The lowest BCUT2D eigenvalue weighted by atomic mass is 10.1. The number of alkyl halides is 3. The van der Waals surface area contributed by atoms with Gasteiger partial charge in [0.1, 0.15) is 0 Å². The Hall–Kier alpha value is -2.72. The molecule has 3 aromatic rings. The van der Waals surface area contributed by atoms with Crippen molar-refractivity contribution in [1.29, 1.82) is 0 Å². The van der Waals surface area contributed by atoms with Gasteiger partial charge in [0, 0.05) is 12.6 Å². The molecule has 0 saturated carbocycles. The summed E-state index contributed by atoms with van der Waals surface area (Å²) in [6.07, 6.45) is -3.64. The van der Waals surface area contributed by atoms with Crippen molar-refractivity contribution in [2.45, 2.75) is 13.1 Å². The van der Waals surface area contributed by atoms with E-state index in [4.69, 9.17) is 23.2 Å². The standard InChI is InChI=1S/C17H12Cl2F4N6/c1-8-10(15(20)29(2)28-8)7-24-27-16-25-13(6-14(26-16)17(21,22)23)9-3-4-11(18)12(19)5-9/h3-7H,1-2H3,(H,25,26,27). The first-order chi connectivity index (χ1) is 13.6. The van der Waals surface area contributed by atoms with E-state index in [-0.39, 0.29) is 21.3 Å². The molecule has 0 saturated heterocycles. The molecule has 6 nitrogen and oxygen atoms in total. The van der Waals surface area contributed by atoms with E-state index in [2.05, 4.69) is 25.6 Å². The van der Waals surface area contributed by atoms with Crippen LogP contribution < -0.4 is 5.43 Å². The molecule has 2 aromatic heterocycles. The predicted octanol–water partition coefficient (Wildman–Crippen LogP) is 5.10. The third kappa shape index (κ3) is 4.65. The summed E-state index contributed by atoms with van der Waals surface area (Å²) in [7, 11) is 1.41. The number of benzene rings is 1. The van der Waals surface area contributed by atoms with Gasteiger partial charge in [-0.3, -0.25) is 0 Å². The van der Waals surface area contributed by atoms with Gasteiger partial charge >= 0.3 is 6.18 Å². The Morgan fingerprint density at radius 3 is 2.45 bits per heavy atom. The number of hydrogen-bond acceptors (Lipinski definition) is 5. The Labute approximate surface area is 172 Å². The maximum atomic E-state index is 13.9. The highest BCUT2D eigenvalue weighted by Crippen LogP contribution is 2.33. The van der Waals surface area contributed by atoms with E-state index in [0.29, 0.717) is 11.3 Å². The van der Waals surface area contributed by atoms with Crippen LogP contribution in [0.5, 0.6) is 0 Å². The van der Waals surface area contributed by atoms with E-state index in [0.717, 1.165) is 17.0 Å². The first kappa shape index (κ1) is 21.0. The zero-order chi connectivity index (χ0) is 21.3. The van der Waals surface area contributed by atoms with Crippen LogP contribution in [0.2, 0.25) is 10.0 Å². The number of aromatic nitrogens is 4. The minimum absolute atomic E-state index is 0.0488. The van der Waals surface area contributed by atoms with Crippen molar-refractivity contribution in [3.8, 4) is 11.3 Å². The maximum Gasteiger partial charge on any atom is 0.433 e. The van der Waals surface area contributed by atoms with Crippen molar-refractivity contribution in [2.75, 3.05) is 5.43 Å². The molecule has 0 radical (unpaired) electrons. The summed E-state index contributed by atoms with van der Waals surface area (Å²) in [5.74, 6) is -1.08. The van der Waals surface area contributed by atoms with E-state index in [1.165, 1.54) is 25.2 Å². The van der Waals surface area contributed by atoms with Gasteiger partial charge in [0.05, 0.1) is 33.2 Å². The van der Waals surface area contributed by atoms with E-state index < -0.39 is 23.8 Å². The summed E-state index contributed by atoms with van der Waals surface area (Å²) in [4.78, 5) is 7.43. The Morgan fingerprint density at radius 1 is 1.14 bits per heavy atom. The predicted molar refractivity (Wildman–Crippen MR) is 102 cm³/mol. The van der Waals surface area contributed by atoms with Crippen LogP contribution in [-0.2, 0) is 13.2 Å². The first-order valence-electron chi connectivity index (χ1n) is 7.96. The molecule has 2 heterocycles. The molecule has 12 heteroatoms. The van der Waals surface area contributed by atoms with Gasteiger partial charge in [-0.15, -0.1) is 0 Å². The van der Waals surface area contributed by atoms with Gasteiger partial charge < -0.3 is 0 Å². The van der Waals surface area contributed by atoms with E-state index in [1.54, 1.807) is 6.92 Å². The third-order valence-electron chi connectivity index (χ3n) is 3.79. The third-order valence-corrected chi connectivity index (χ3v) is 4.53. The molecule has 0 aliphatic heterocycles. The zero-order valence-corrected chi connectivity index (χ0v) is 16.4. The average molecular weight is 447 g/mol. The highest BCUT2D eigenvalue weighted by atomic mass is 35.5. The molecular weight excluding hydrogens is 435 g/mol. The Bertz CT molecular complexity index is 1090. The van der Waals surface area contributed by atoms with E-state index in [9.17, 15) is 17.6 Å². The highest BCUT2D eigenvalue weighted by molar-refractivity contribution is 6.42. The Morgan fingerprint density at radius 2 is 1.86 bits per heavy atom. The van der Waals surface area contributed by atoms with Crippen molar-refractivity contribution >= 4 is 35.4 Å². The van der Waals surface area contributed by atoms with Crippen molar-refractivity contribution in [2.24, 2.45) is 12.1 Å². The van der Waals surface area contributed by atoms with Crippen LogP contribution in [0.25, 0.3) is 11.3 Å². The molecule has 0 unspecified atom stereocenters. The van der Waals surface area contributed by atoms with E-state index >= 15 is 0 Å². The number of rotatable bonds is 4. The second-order valence-corrected chi connectivity index (χ2v) is 6.69. The fourth-order valence-electron chi connectivity index (χ4n) is 2.39. The lowest BCUT2D eigenvalue weighted by Crippen LogP contribution is -2.11. The lowest BCUT2D eigenvalue weighted by Gasteiger charge is -2.10. The average Bonchev–Trinajstić information content (AvgIpc) is 2.89. The normalized spacial score (nSPS) is 12.0. The summed E-state index contributed by atoms with van der Waals surface area (Å²) in [5.41, 5.74) is 1.79. The molecule has 29 heavy (non-hydrogen) atoms. The molecule has 1 aromatic carbocycles. The molecule has 0 aliphatic carbocycles. The van der Waals surface area contributed by atoms with Gasteiger partial charge in [-0.1, -0.05) is 29.3 Å². The summed E-state index contributed by atoms with van der Waals surface area (Å²) in [5, 5.41) is 8.01. The number of aryl methyl sites for hydroxylation is 2. The highest BCUT2D eigenvalue weighted by Gasteiger charge is 2.34. The number of nitrogens with zero attached hydrogens (tertiary/aromatic N) is 5. The van der Waals surface area contributed by atoms with Gasteiger partial charge in [-0.25, -0.2) is 20.1 Å². The largest absolute Gasteiger partial charge is 0.433 e. The van der Waals surface area contributed by atoms with Crippen LogP contribution in [0.4, 0.5) is 23.5 Å². The minimum atomic E-state index is -4.72. The van der Waals surface area contributed by atoms with Gasteiger partial charge in [-0.2, -0.15) is 27.8 Å². The van der Waals surface area contributed by atoms with Crippen LogP contribution >= 0.6 is 23.2 Å². The molecule has 0 spiro atoms. The SMILES string of the molecule is Cc1nn(C)c(F)c1C=NNc1nc(-c2ccc(Cl)c(Cl)c2)cc(C(F)(F)F)n1. The van der Waals surface area contributed by atoms with Gasteiger partial charge in [0.15, 0.2) is 5.69 Å². The van der Waals surface area contributed by atoms with Gasteiger partial charge in [0.25, 0.3) is 0 Å². The topological polar surface area (TPSA) is 68.0 Å². The molecule has 0 atom stereocenters. The lowest BCUT2D eigenvalue weighted by molar-refractivity contribution is -0.141. The molecule has 0 bridgehead atoms. The number of hydrogen-bond donors (Lipinski definition) is 1. The van der Waals surface area contributed by atoms with Crippen LogP contribution in [-0.4, -0.2) is 26.0 Å². The van der Waals surface area contributed by atoms with Crippen molar-refractivity contribution in [3.63, 3.8) is 0 Å². The number of hydrazone groups is 1. The molecule has 0 amide bonds. The fraction of sp³-hybridized carbons (Fsp3) is 0.176. The van der Waals surface area contributed by atoms with Crippen LogP contribution in [0.15, 0.2) is 29.4 Å². The molecule has 0 aliphatic rings. The zero-order valence-electron chi connectivity index (χ0n) is 14.9. The van der Waals surface area contributed by atoms with Crippen LogP contribution in [0.3, 0.4) is 0 Å². The Balaban J connectivity index is 1.97. The summed E-state index contributed by atoms with van der Waals surface area (Å²) in [6.45, 7) is 1.56. The van der Waals surface area contributed by atoms with Gasteiger partial charge in [0.2, 0.25) is 11.9 Å². The molecule has 3 rings (SSSR count). The molecular formula is C17H12Cl2F4N6. The van der Waals surface area contributed by atoms with Crippen LogP contribution in [0, 0.1) is 12.9 Å². The summed E-state index contributed by atoms with van der Waals surface area (Å²) < 4.78 is 54.6. The summed E-state index contributed by atoms with van der Waals surface area (Å²) in [6, 6.07) is 5.07. The summed E-state index contributed by atoms with van der Waals surface area (Å²) >= 11 is 11.8. The second-order valence-electron chi connectivity index (χ2n) is 5.87. The van der Waals surface area contributed by atoms with Gasteiger partial charge in [-0.05, 0) is 25.1 Å². The maximum absolute atomic E-state index is 13.9. The molecule has 152 valence electrons. The molecule has 1 N–H and O–H groups in total. The number of anilines is 1.